The van der Waals surface area contributed by atoms with Gasteiger partial charge < -0.3 is 10.0 Å². The lowest BCUT2D eigenvalue weighted by Gasteiger charge is -2.42. The van der Waals surface area contributed by atoms with Gasteiger partial charge in [0, 0.05) is 23.0 Å². The Kier molecular flexibility index (Phi) is 4.78. The fourth-order valence-corrected chi connectivity index (χ4v) is 3.67. The largest absolute Gasteiger partial charge is 0.508 e. The maximum absolute atomic E-state index is 9.97. The molecule has 0 radical (unpaired) electrons. The number of nitrogens with zero attached hydrogens (tertiary/aromatic N) is 1. The summed E-state index contributed by atoms with van der Waals surface area (Å²) >= 11 is 0. The van der Waals surface area contributed by atoms with E-state index in [-0.39, 0.29) is 11.8 Å². The van der Waals surface area contributed by atoms with Crippen molar-refractivity contribution in [2.45, 2.75) is 40.2 Å². The number of rotatable bonds is 3. The summed E-state index contributed by atoms with van der Waals surface area (Å²) in [4.78, 5) is 2.26. The number of aryl methyl sites for hydroxylation is 2. The third-order valence-electron chi connectivity index (χ3n) is 5.34. The van der Waals surface area contributed by atoms with Crippen molar-refractivity contribution in [3.05, 3.63) is 101 Å². The summed E-state index contributed by atoms with van der Waals surface area (Å²) in [5.41, 5.74) is 9.14. The highest BCUT2D eigenvalue weighted by Gasteiger charge is 2.32. The predicted octanol–water partition coefficient (Wildman–Crippen LogP) is 5.92. The summed E-state index contributed by atoms with van der Waals surface area (Å²) in [7, 11) is 0. The zero-order valence-corrected chi connectivity index (χ0v) is 16.1. The smallest absolute Gasteiger partial charge is 0.117 e. The van der Waals surface area contributed by atoms with Crippen LogP contribution in [0.1, 0.15) is 36.1 Å². The molecular weight excluding hydrogens is 318 g/mol. The number of allylic oxidation sites excluding steroid dienone is 5. The molecule has 0 spiro atoms. The molecule has 0 saturated heterocycles. The normalized spacial score (nSPS) is 19.8. The second-order valence-electron chi connectivity index (χ2n) is 7.20. The fraction of sp³-hybridized carbons (Fsp3) is 0.250. The Morgan fingerprint density at radius 3 is 2.62 bits per heavy atom. The number of aliphatic hydroxyl groups excluding tert-OH is 1. The average Bonchev–Trinajstić information content (AvgIpc) is 2.59. The van der Waals surface area contributed by atoms with Crippen LogP contribution in [-0.4, -0.2) is 16.0 Å². The van der Waals surface area contributed by atoms with Crippen LogP contribution in [0.5, 0.6) is 0 Å². The van der Waals surface area contributed by atoms with Gasteiger partial charge >= 0.3 is 0 Å². The molecule has 0 aliphatic carbocycles. The number of hydrogen-bond acceptors (Lipinski definition) is 2. The summed E-state index contributed by atoms with van der Waals surface area (Å²) in [5, 5.41) is 9.97. The van der Waals surface area contributed by atoms with E-state index in [2.05, 4.69) is 69.2 Å². The van der Waals surface area contributed by atoms with Gasteiger partial charge in [-0.25, -0.2) is 0 Å². The number of hydrogen-bond donors (Lipinski definition) is 1. The zero-order valence-electron chi connectivity index (χ0n) is 16.1. The molecular formula is C24H27NO. The standard InChI is InChI=1S/C24H27NO/c1-7-8-9-15(2)23-13-20-10-16(3)17(4)11-21(20)24-12-18(5)22(19(6)26)14-25(23)24/h7-12,14,23,26H,5-6,13H2,1-4H3/b8-7-,15-9+. The minimum absolute atomic E-state index is 0.0602. The van der Waals surface area contributed by atoms with E-state index in [1.807, 2.05) is 19.2 Å². The Hall–Kier alpha value is -2.74. The molecule has 2 heterocycles. The molecule has 0 amide bonds. The van der Waals surface area contributed by atoms with Gasteiger partial charge in [-0.05, 0) is 68.5 Å². The molecule has 2 aliphatic rings. The zero-order chi connectivity index (χ0) is 19.0. The van der Waals surface area contributed by atoms with Crippen molar-refractivity contribution in [2.75, 3.05) is 0 Å². The average molecular weight is 345 g/mol. The number of benzene rings is 1. The van der Waals surface area contributed by atoms with E-state index in [9.17, 15) is 5.11 Å². The lowest BCUT2D eigenvalue weighted by molar-refractivity contribution is 0.392. The molecule has 1 unspecified atom stereocenters. The van der Waals surface area contributed by atoms with Gasteiger partial charge in [0.15, 0.2) is 0 Å². The molecule has 0 bridgehead atoms. The van der Waals surface area contributed by atoms with Crippen molar-refractivity contribution < 1.29 is 5.11 Å². The van der Waals surface area contributed by atoms with E-state index >= 15 is 0 Å². The highest BCUT2D eigenvalue weighted by Crippen LogP contribution is 2.41. The minimum atomic E-state index is 0.0602. The summed E-state index contributed by atoms with van der Waals surface area (Å²) in [6.07, 6.45) is 11.3. The Bertz CT molecular complexity index is 908. The Labute approximate surface area is 156 Å². The van der Waals surface area contributed by atoms with Gasteiger partial charge in [-0.15, -0.1) is 0 Å². The first-order valence-corrected chi connectivity index (χ1v) is 9.02. The molecule has 1 aromatic rings. The molecule has 2 aliphatic heterocycles. The third kappa shape index (κ3) is 3.08. The molecule has 0 aromatic heterocycles. The van der Waals surface area contributed by atoms with Gasteiger partial charge in [0.2, 0.25) is 0 Å². The molecule has 2 nitrogen and oxygen atoms in total. The highest BCUT2D eigenvalue weighted by atomic mass is 16.3. The first kappa shape index (κ1) is 18.1. The van der Waals surface area contributed by atoms with Gasteiger partial charge in [0.25, 0.3) is 0 Å². The lowest BCUT2D eigenvalue weighted by Crippen LogP contribution is -2.38. The topological polar surface area (TPSA) is 23.5 Å². The molecule has 26 heavy (non-hydrogen) atoms. The predicted molar refractivity (Wildman–Crippen MR) is 111 cm³/mol. The van der Waals surface area contributed by atoms with Gasteiger partial charge in [-0.1, -0.05) is 43.0 Å². The number of fused-ring (bicyclic) bond motifs is 3. The maximum atomic E-state index is 9.97. The second kappa shape index (κ2) is 6.87. The molecule has 2 heteroatoms. The van der Waals surface area contributed by atoms with Crippen molar-refractivity contribution in [3.8, 4) is 0 Å². The van der Waals surface area contributed by atoms with Crippen LogP contribution in [0.15, 0.2) is 78.3 Å². The van der Waals surface area contributed by atoms with E-state index in [0.717, 1.165) is 17.7 Å². The lowest BCUT2D eigenvalue weighted by atomic mass is 9.83. The van der Waals surface area contributed by atoms with E-state index in [4.69, 9.17) is 0 Å². The quantitative estimate of drug-likeness (QED) is 0.543. The van der Waals surface area contributed by atoms with Gasteiger partial charge in [-0.2, -0.15) is 0 Å². The first-order valence-electron chi connectivity index (χ1n) is 9.02. The molecule has 0 fully saturated rings. The summed E-state index contributed by atoms with van der Waals surface area (Å²) < 4.78 is 0. The van der Waals surface area contributed by atoms with E-state index < -0.39 is 0 Å². The van der Waals surface area contributed by atoms with Gasteiger partial charge in [0.1, 0.15) is 5.76 Å². The van der Waals surface area contributed by atoms with E-state index in [1.165, 1.54) is 27.8 Å². The molecule has 1 atom stereocenters. The molecule has 0 saturated carbocycles. The molecule has 1 aromatic carbocycles. The van der Waals surface area contributed by atoms with Crippen LogP contribution < -0.4 is 0 Å². The van der Waals surface area contributed by atoms with Crippen molar-refractivity contribution >= 4 is 5.70 Å². The van der Waals surface area contributed by atoms with E-state index in [1.54, 1.807) is 0 Å². The van der Waals surface area contributed by atoms with Crippen LogP contribution in [0.2, 0.25) is 0 Å². The Balaban J connectivity index is 2.19. The monoisotopic (exact) mass is 345 g/mol. The second-order valence-corrected chi connectivity index (χ2v) is 7.20. The van der Waals surface area contributed by atoms with E-state index in [0.29, 0.717) is 5.57 Å². The highest BCUT2D eigenvalue weighted by molar-refractivity contribution is 5.77. The van der Waals surface area contributed by atoms with Crippen molar-refractivity contribution in [1.82, 2.24) is 4.90 Å². The van der Waals surface area contributed by atoms with Crippen molar-refractivity contribution in [1.29, 1.82) is 0 Å². The van der Waals surface area contributed by atoms with Crippen LogP contribution in [0.4, 0.5) is 0 Å². The van der Waals surface area contributed by atoms with Gasteiger partial charge in [-0.3, -0.25) is 0 Å². The molecule has 134 valence electrons. The fourth-order valence-electron chi connectivity index (χ4n) is 3.67. The van der Waals surface area contributed by atoms with Crippen LogP contribution in [-0.2, 0) is 6.42 Å². The minimum Gasteiger partial charge on any atom is -0.508 e. The van der Waals surface area contributed by atoms with Crippen LogP contribution >= 0.6 is 0 Å². The van der Waals surface area contributed by atoms with Crippen LogP contribution in [0.3, 0.4) is 0 Å². The van der Waals surface area contributed by atoms with Crippen LogP contribution in [0.25, 0.3) is 5.70 Å². The first-order chi connectivity index (χ1) is 12.3. The number of aliphatic hydroxyl groups is 1. The third-order valence-corrected chi connectivity index (χ3v) is 5.34. The SMILES string of the molecule is C=C(O)C1=CN2C(=CC1=C)c1cc(C)c(C)cc1CC2/C(C)=C/C=C\C. The maximum Gasteiger partial charge on any atom is 0.117 e. The van der Waals surface area contributed by atoms with Crippen LogP contribution in [0, 0.1) is 13.8 Å². The Morgan fingerprint density at radius 1 is 1.27 bits per heavy atom. The summed E-state index contributed by atoms with van der Waals surface area (Å²) in [6.45, 7) is 16.3. The molecule has 1 N–H and O–H groups in total. The van der Waals surface area contributed by atoms with Crippen molar-refractivity contribution in [3.63, 3.8) is 0 Å². The van der Waals surface area contributed by atoms with Crippen molar-refractivity contribution in [2.24, 2.45) is 0 Å². The molecule has 3 rings (SSSR count). The summed E-state index contributed by atoms with van der Waals surface area (Å²) in [5.74, 6) is 0.0602. The Morgan fingerprint density at radius 2 is 1.96 bits per heavy atom. The van der Waals surface area contributed by atoms with Gasteiger partial charge in [0.05, 0.1) is 6.04 Å². The summed E-state index contributed by atoms with van der Waals surface area (Å²) in [6, 6.07) is 4.78.